The van der Waals surface area contributed by atoms with Crippen molar-refractivity contribution in [1.82, 2.24) is 14.9 Å². The first-order chi connectivity index (χ1) is 22.0. The third-order valence-electron chi connectivity index (χ3n) is 9.41. The number of benzene rings is 2. The number of aliphatic imine (C=N–C) groups is 1. The van der Waals surface area contributed by atoms with Crippen LogP contribution in [0.1, 0.15) is 65.5 Å². The van der Waals surface area contributed by atoms with Crippen molar-refractivity contribution in [3.63, 3.8) is 0 Å². The van der Waals surface area contributed by atoms with Crippen LogP contribution in [0.25, 0.3) is 16.6 Å². The van der Waals surface area contributed by atoms with Gasteiger partial charge in [0, 0.05) is 47.1 Å². The third-order valence-corrected chi connectivity index (χ3v) is 9.73. The molecule has 12 heteroatoms. The van der Waals surface area contributed by atoms with Gasteiger partial charge in [-0.25, -0.2) is 18.7 Å². The lowest BCUT2D eigenvalue weighted by Crippen LogP contribution is -2.51. The van der Waals surface area contributed by atoms with E-state index >= 15 is 0 Å². The maximum atomic E-state index is 14.1. The summed E-state index contributed by atoms with van der Waals surface area (Å²) in [5.41, 5.74) is 17.5. The minimum Gasteiger partial charge on any atom is -0.389 e. The molecule has 1 aliphatic rings. The van der Waals surface area contributed by atoms with Crippen LogP contribution in [0.4, 0.5) is 26.2 Å². The Morgan fingerprint density at radius 2 is 1.96 bits per heavy atom. The second kappa shape index (κ2) is 12.8. The Morgan fingerprint density at radius 1 is 1.21 bits per heavy atom. The number of hydrogen-bond donors (Lipinski definition) is 6. The number of aryl methyl sites for hydroxylation is 1. The number of anilines is 2. The number of carbonyl (C=O) groups is 1. The molecule has 2 heterocycles. The molecule has 1 fully saturated rings. The molecule has 0 spiro atoms. The van der Waals surface area contributed by atoms with Crippen molar-refractivity contribution < 1.29 is 14.3 Å². The Kier molecular flexibility index (Phi) is 9.29. The van der Waals surface area contributed by atoms with Crippen LogP contribution in [-0.2, 0) is 6.42 Å². The molecule has 0 bridgehead atoms. The van der Waals surface area contributed by atoms with E-state index in [1.54, 1.807) is 24.6 Å². The van der Waals surface area contributed by atoms with Crippen molar-refractivity contribution in [2.24, 2.45) is 21.9 Å². The summed E-state index contributed by atoms with van der Waals surface area (Å²) in [5.74, 6) is -0.335. The van der Waals surface area contributed by atoms with E-state index in [-0.39, 0.29) is 40.1 Å². The SMILES string of the molecule is CCc1cc(NC(=O)NCC(C)(C)O)ccc1-c1cc2c(N[C@@H]3CC[C@](C)(N)C3(C)C)c(C(N)=Nc3cc(F)ccc3Cl)cnn2c1. The first-order valence-corrected chi connectivity index (χ1v) is 16.1. The monoisotopic (exact) mass is 662 g/mol. The van der Waals surface area contributed by atoms with Crippen molar-refractivity contribution >= 4 is 46.0 Å². The molecule has 2 aromatic heterocycles. The molecule has 1 saturated carbocycles. The van der Waals surface area contributed by atoms with Crippen LogP contribution in [0.2, 0.25) is 5.02 Å². The van der Waals surface area contributed by atoms with E-state index in [9.17, 15) is 14.3 Å². The zero-order chi connectivity index (χ0) is 34.3. The number of amides is 2. The molecule has 250 valence electrons. The average molecular weight is 663 g/mol. The summed E-state index contributed by atoms with van der Waals surface area (Å²) in [6, 6.07) is 11.4. The van der Waals surface area contributed by atoms with Crippen LogP contribution in [0.3, 0.4) is 0 Å². The number of hydrogen-bond acceptors (Lipinski definition) is 6. The minimum absolute atomic E-state index is 0.0190. The second-order valence-electron chi connectivity index (χ2n) is 13.8. The van der Waals surface area contributed by atoms with E-state index < -0.39 is 17.4 Å². The highest BCUT2D eigenvalue weighted by atomic mass is 35.5. The molecule has 4 aromatic rings. The predicted octanol–water partition coefficient (Wildman–Crippen LogP) is 6.60. The van der Waals surface area contributed by atoms with Crippen LogP contribution in [0, 0.1) is 11.2 Å². The maximum absolute atomic E-state index is 14.1. The number of fused-ring (bicyclic) bond motifs is 1. The molecule has 2 amide bonds. The molecule has 10 nitrogen and oxygen atoms in total. The number of halogens is 2. The first-order valence-electron chi connectivity index (χ1n) is 15.8. The Morgan fingerprint density at radius 3 is 2.62 bits per heavy atom. The highest BCUT2D eigenvalue weighted by Crippen LogP contribution is 2.46. The number of rotatable bonds is 9. The summed E-state index contributed by atoms with van der Waals surface area (Å²) in [6.07, 6.45) is 6.01. The topological polar surface area (TPSA) is 155 Å². The number of nitrogens with two attached hydrogens (primary N) is 2. The highest BCUT2D eigenvalue weighted by molar-refractivity contribution is 6.33. The number of carbonyl (C=O) groups excluding carboxylic acids is 1. The van der Waals surface area contributed by atoms with Crippen molar-refractivity contribution in [1.29, 1.82) is 0 Å². The molecule has 0 saturated heterocycles. The van der Waals surface area contributed by atoms with Gasteiger partial charge in [0.05, 0.1) is 39.3 Å². The maximum Gasteiger partial charge on any atom is 0.319 e. The number of aliphatic hydroxyl groups is 1. The van der Waals surface area contributed by atoms with E-state index in [0.29, 0.717) is 17.7 Å². The molecule has 47 heavy (non-hydrogen) atoms. The Hall–Kier alpha value is -4.19. The van der Waals surface area contributed by atoms with E-state index in [2.05, 4.69) is 53.7 Å². The summed E-state index contributed by atoms with van der Waals surface area (Å²) in [5, 5.41) is 24.2. The van der Waals surface area contributed by atoms with Gasteiger partial charge in [0.2, 0.25) is 0 Å². The lowest BCUT2D eigenvalue weighted by Gasteiger charge is -2.39. The van der Waals surface area contributed by atoms with Crippen LogP contribution < -0.4 is 27.4 Å². The normalized spacial score (nSPS) is 19.6. The summed E-state index contributed by atoms with van der Waals surface area (Å²) in [6.45, 7) is 11.8. The number of urea groups is 1. The van der Waals surface area contributed by atoms with Crippen molar-refractivity contribution in [3.8, 4) is 11.1 Å². The fourth-order valence-corrected chi connectivity index (χ4v) is 6.14. The smallest absolute Gasteiger partial charge is 0.319 e. The standard InChI is InChI=1S/C35H44ClFN8O2/c1-7-20-14-23(42-32(46)40-19-33(2,3)47)9-10-24(20)21-15-28-30(44-29-12-13-35(6,39)34(29,4)5)25(17-41-45(28)18-21)31(38)43-27-16-22(37)8-11-26(27)36/h8-11,14-18,29,44,47H,7,12-13,19,39H2,1-6H3,(H2,38,43)(H2,40,42,46)/t29-,35+/m1/s1. The Labute approximate surface area is 279 Å². The zero-order valence-corrected chi connectivity index (χ0v) is 28.5. The summed E-state index contributed by atoms with van der Waals surface area (Å²) < 4.78 is 15.9. The zero-order valence-electron chi connectivity index (χ0n) is 27.7. The van der Waals surface area contributed by atoms with Gasteiger partial charge in [0.25, 0.3) is 0 Å². The Bertz CT molecular complexity index is 1840. The average Bonchev–Trinajstić information content (AvgIpc) is 3.51. The predicted molar refractivity (Wildman–Crippen MR) is 188 cm³/mol. The number of nitrogens with zero attached hydrogens (tertiary/aromatic N) is 3. The fraction of sp³-hybridized carbons (Fsp3) is 0.400. The number of amidine groups is 1. The fourth-order valence-electron chi connectivity index (χ4n) is 5.98. The minimum atomic E-state index is -1.02. The molecule has 8 N–H and O–H groups in total. The van der Waals surface area contributed by atoms with Crippen LogP contribution in [0.15, 0.2) is 59.9 Å². The highest BCUT2D eigenvalue weighted by Gasteiger charge is 2.49. The summed E-state index contributed by atoms with van der Waals surface area (Å²) in [4.78, 5) is 16.9. The molecular weight excluding hydrogens is 619 g/mol. The molecular formula is C35H44ClFN8O2. The summed E-state index contributed by atoms with van der Waals surface area (Å²) >= 11 is 6.33. The molecule has 2 aromatic carbocycles. The van der Waals surface area contributed by atoms with Gasteiger partial charge in [-0.1, -0.05) is 38.4 Å². The van der Waals surface area contributed by atoms with Gasteiger partial charge in [0.15, 0.2) is 0 Å². The summed E-state index contributed by atoms with van der Waals surface area (Å²) in [7, 11) is 0. The molecule has 0 radical (unpaired) electrons. The van der Waals surface area contributed by atoms with Crippen LogP contribution in [-0.4, -0.2) is 50.3 Å². The van der Waals surface area contributed by atoms with Crippen molar-refractivity contribution in [3.05, 3.63) is 76.8 Å². The van der Waals surface area contributed by atoms with Crippen LogP contribution >= 0.6 is 11.6 Å². The van der Waals surface area contributed by atoms with Gasteiger partial charge in [-0.2, -0.15) is 5.10 Å². The van der Waals surface area contributed by atoms with Crippen molar-refractivity contribution in [2.45, 2.75) is 78.0 Å². The van der Waals surface area contributed by atoms with Crippen molar-refractivity contribution in [2.75, 3.05) is 17.2 Å². The third kappa shape index (κ3) is 7.22. The first kappa shape index (κ1) is 34.2. The van der Waals surface area contributed by atoms with Gasteiger partial charge in [0.1, 0.15) is 11.7 Å². The molecule has 0 unspecified atom stereocenters. The molecule has 0 aliphatic heterocycles. The molecule has 2 atom stereocenters. The van der Waals surface area contributed by atoms with E-state index in [0.717, 1.165) is 40.7 Å². The number of nitrogens with one attached hydrogen (secondary N) is 3. The second-order valence-corrected chi connectivity index (χ2v) is 14.2. The quantitative estimate of drug-likeness (QED) is 0.0876. The van der Waals surface area contributed by atoms with E-state index in [4.69, 9.17) is 23.1 Å². The lowest BCUT2D eigenvalue weighted by molar-refractivity contribution is 0.0826. The lowest BCUT2D eigenvalue weighted by atomic mass is 9.75. The number of aromatic nitrogens is 2. The van der Waals surface area contributed by atoms with Gasteiger partial charge in [-0.15, -0.1) is 0 Å². The largest absolute Gasteiger partial charge is 0.389 e. The van der Waals surface area contributed by atoms with Gasteiger partial charge in [-0.05, 0) is 81.5 Å². The van der Waals surface area contributed by atoms with E-state index in [1.165, 1.54) is 18.2 Å². The van der Waals surface area contributed by atoms with Crippen LogP contribution in [0.5, 0.6) is 0 Å². The van der Waals surface area contributed by atoms with E-state index in [1.807, 2.05) is 30.5 Å². The van der Waals surface area contributed by atoms with Gasteiger partial charge in [-0.3, -0.25) is 0 Å². The van der Waals surface area contributed by atoms with Gasteiger partial charge >= 0.3 is 6.03 Å². The Balaban J connectivity index is 1.56. The molecule has 1 aliphatic carbocycles. The van der Waals surface area contributed by atoms with Gasteiger partial charge < -0.3 is 32.5 Å². The molecule has 5 rings (SSSR count).